The maximum atomic E-state index is 7.33. The van der Waals surface area contributed by atoms with Gasteiger partial charge in [0.1, 0.15) is 66.1 Å². The standard InChI is InChI=1S/C48H23B7N2O/c49-40-37(26-16-19-33-31(21-26)29-18-15-25(24-9-3-1-4-10-24)22-34(29)56(33)27-11-5-2-6-12-27)41(50)45(54)47-38(40)39-42(51)43(52)44(53)46(55)48(39)57(47)28-17-20-36-32(23-28)30-13-7-8-14-35(30)58-36/h1-23H. The Morgan fingerprint density at radius 1 is 0.345 bits per heavy atom. The Hall–Kier alpha value is -6.39. The minimum atomic E-state index is 0.168. The second-order valence-electron chi connectivity index (χ2n) is 14.8. The average Bonchev–Trinajstić information content (AvgIpc) is 3.92. The first kappa shape index (κ1) is 34.8. The summed E-state index contributed by atoms with van der Waals surface area (Å²) >= 11 is 0. The highest BCUT2D eigenvalue weighted by Crippen LogP contribution is 2.38. The molecule has 0 saturated carbocycles. The molecule has 3 heterocycles. The van der Waals surface area contributed by atoms with Crippen molar-refractivity contribution in [3.05, 3.63) is 140 Å². The first-order valence-electron chi connectivity index (χ1n) is 18.9. The molecule has 11 aromatic rings. The van der Waals surface area contributed by atoms with E-state index >= 15 is 0 Å². The second-order valence-corrected chi connectivity index (χ2v) is 14.8. The van der Waals surface area contributed by atoms with Crippen molar-refractivity contribution in [1.82, 2.24) is 9.13 Å². The maximum absolute atomic E-state index is 7.33. The van der Waals surface area contributed by atoms with Crippen LogP contribution in [0.25, 0.3) is 99.2 Å². The van der Waals surface area contributed by atoms with Gasteiger partial charge in [-0.2, -0.15) is 0 Å². The molecule has 8 aromatic carbocycles. The van der Waals surface area contributed by atoms with Crippen LogP contribution in [0.15, 0.2) is 144 Å². The number of benzene rings is 8. The van der Waals surface area contributed by atoms with Gasteiger partial charge in [0.25, 0.3) is 0 Å². The van der Waals surface area contributed by atoms with Crippen molar-refractivity contribution in [3.63, 3.8) is 0 Å². The summed E-state index contributed by atoms with van der Waals surface area (Å²) in [5.41, 5.74) is 11.9. The molecular weight excluding hydrogens is 696 g/mol. The lowest BCUT2D eigenvalue weighted by molar-refractivity contribution is 0.669. The Kier molecular flexibility index (Phi) is 7.69. The summed E-state index contributed by atoms with van der Waals surface area (Å²) in [6, 6.07) is 47.4. The molecule has 10 heteroatoms. The molecule has 3 aromatic heterocycles. The van der Waals surface area contributed by atoms with Crippen LogP contribution < -0.4 is 38.2 Å². The van der Waals surface area contributed by atoms with Gasteiger partial charge in [0.15, 0.2) is 0 Å². The summed E-state index contributed by atoms with van der Waals surface area (Å²) < 4.78 is 10.4. The van der Waals surface area contributed by atoms with E-state index in [1.54, 1.807) is 0 Å². The topological polar surface area (TPSA) is 23.0 Å². The molecule has 3 nitrogen and oxygen atoms in total. The highest BCUT2D eigenvalue weighted by Gasteiger charge is 2.25. The number of para-hydroxylation sites is 2. The smallest absolute Gasteiger partial charge is 0.135 e. The van der Waals surface area contributed by atoms with Gasteiger partial charge in [0, 0.05) is 49.3 Å². The molecule has 0 unspecified atom stereocenters. The van der Waals surface area contributed by atoms with E-state index in [1.807, 2.05) is 77.4 Å². The summed E-state index contributed by atoms with van der Waals surface area (Å²) in [6.45, 7) is 0. The predicted molar refractivity (Wildman–Crippen MR) is 251 cm³/mol. The Morgan fingerprint density at radius 2 is 0.983 bits per heavy atom. The van der Waals surface area contributed by atoms with Crippen LogP contribution in [-0.4, -0.2) is 64.1 Å². The van der Waals surface area contributed by atoms with Crippen molar-refractivity contribution in [2.45, 2.75) is 0 Å². The molecule has 0 aliphatic heterocycles. The molecule has 0 amide bonds. The van der Waals surface area contributed by atoms with Gasteiger partial charge in [0.2, 0.25) is 0 Å². The molecule has 0 N–H and O–H groups in total. The van der Waals surface area contributed by atoms with Gasteiger partial charge in [-0.05, 0) is 82.2 Å². The Bertz CT molecular complexity index is 3530. The monoisotopic (exact) mass is 720 g/mol. The first-order chi connectivity index (χ1) is 28.2. The highest BCUT2D eigenvalue weighted by atomic mass is 16.3. The fourth-order valence-electron chi connectivity index (χ4n) is 8.96. The molecule has 0 atom stereocenters. The Labute approximate surface area is 343 Å². The number of aromatic nitrogens is 2. The van der Waals surface area contributed by atoms with Crippen molar-refractivity contribution in [3.8, 4) is 33.6 Å². The van der Waals surface area contributed by atoms with Crippen LogP contribution in [-0.2, 0) is 0 Å². The van der Waals surface area contributed by atoms with Crippen LogP contribution in [0.5, 0.6) is 0 Å². The number of fused-ring (bicyclic) bond motifs is 9. The van der Waals surface area contributed by atoms with Crippen molar-refractivity contribution in [2.75, 3.05) is 0 Å². The molecule has 0 fully saturated rings. The van der Waals surface area contributed by atoms with E-state index < -0.39 is 0 Å². The minimum absolute atomic E-state index is 0.168. The van der Waals surface area contributed by atoms with Gasteiger partial charge < -0.3 is 13.6 Å². The summed E-state index contributed by atoms with van der Waals surface area (Å²) in [5.74, 6) is 0. The normalized spacial score (nSPS) is 11.9. The van der Waals surface area contributed by atoms with E-state index in [-0.39, 0.29) is 21.9 Å². The van der Waals surface area contributed by atoms with E-state index in [0.29, 0.717) is 43.8 Å². The molecule has 58 heavy (non-hydrogen) atoms. The van der Waals surface area contributed by atoms with Gasteiger partial charge in [-0.25, -0.2) is 0 Å². The lowest BCUT2D eigenvalue weighted by atomic mass is 9.64. The third-order valence-corrected chi connectivity index (χ3v) is 11.7. The van der Waals surface area contributed by atoms with Gasteiger partial charge in [-0.15, -0.1) is 10.9 Å². The molecule has 0 aliphatic rings. The van der Waals surface area contributed by atoms with E-state index in [2.05, 4.69) is 71.3 Å². The van der Waals surface area contributed by atoms with Gasteiger partial charge in [-0.3, -0.25) is 0 Å². The first-order valence-corrected chi connectivity index (χ1v) is 18.9. The summed E-state index contributed by atoms with van der Waals surface area (Å²) in [6.07, 6.45) is 0. The summed E-state index contributed by atoms with van der Waals surface area (Å²) in [7, 11) is 48.4. The molecule has 0 aliphatic carbocycles. The van der Waals surface area contributed by atoms with Crippen LogP contribution >= 0.6 is 0 Å². The lowest BCUT2D eigenvalue weighted by Gasteiger charge is -2.19. The quantitative estimate of drug-likeness (QED) is 0.243. The van der Waals surface area contributed by atoms with Crippen LogP contribution in [0.2, 0.25) is 0 Å². The van der Waals surface area contributed by atoms with Gasteiger partial charge >= 0.3 is 0 Å². The number of hydrogen-bond acceptors (Lipinski definition) is 1. The largest absolute Gasteiger partial charge is 0.456 e. The molecular formula is C48H23B7N2O. The minimum Gasteiger partial charge on any atom is -0.456 e. The summed E-state index contributed by atoms with van der Waals surface area (Å²) in [4.78, 5) is 0. The molecule has 0 saturated heterocycles. The van der Waals surface area contributed by atoms with Crippen LogP contribution in [0.3, 0.4) is 0 Å². The fourth-order valence-corrected chi connectivity index (χ4v) is 8.96. The highest BCUT2D eigenvalue weighted by molar-refractivity contribution is 6.69. The number of rotatable bonds is 4. The Morgan fingerprint density at radius 3 is 1.76 bits per heavy atom. The third-order valence-electron chi connectivity index (χ3n) is 11.7. The van der Waals surface area contributed by atoms with Crippen molar-refractivity contribution < 1.29 is 4.42 Å². The van der Waals surface area contributed by atoms with Crippen molar-refractivity contribution >= 4 is 159 Å². The van der Waals surface area contributed by atoms with Crippen LogP contribution in [0, 0.1) is 0 Å². The lowest BCUT2D eigenvalue weighted by Crippen LogP contribution is -2.48. The van der Waals surface area contributed by atoms with Crippen LogP contribution in [0.1, 0.15) is 0 Å². The van der Waals surface area contributed by atoms with Gasteiger partial charge in [-0.1, -0.05) is 112 Å². The summed E-state index contributed by atoms with van der Waals surface area (Å²) in [5, 5.41) is 5.09. The molecule has 11 rings (SSSR count). The van der Waals surface area contributed by atoms with Crippen molar-refractivity contribution in [2.24, 2.45) is 0 Å². The average molecular weight is 719 g/mol. The van der Waals surface area contributed by atoms with Gasteiger partial charge in [0.05, 0.1) is 11.0 Å². The molecule has 14 radical (unpaired) electrons. The predicted octanol–water partition coefficient (Wildman–Crippen LogP) is 4.67. The SMILES string of the molecule is [B]c1c([B])c([B])c2c(c1[B])c1c([B])c(-c3ccc4c(c3)c3ccc(-c5ccccc5)cc3n4-c3ccccc3)c([B])c([B])c1n2-c1ccc2oc3ccccc3c2c1. The van der Waals surface area contributed by atoms with Crippen molar-refractivity contribution in [1.29, 1.82) is 0 Å². The van der Waals surface area contributed by atoms with E-state index in [1.165, 1.54) is 0 Å². The van der Waals surface area contributed by atoms with E-state index in [0.717, 1.165) is 71.8 Å². The zero-order valence-corrected chi connectivity index (χ0v) is 31.1. The zero-order chi connectivity index (χ0) is 39.6. The Balaban J connectivity index is 1.21. The van der Waals surface area contributed by atoms with E-state index in [4.69, 9.17) is 59.3 Å². The zero-order valence-electron chi connectivity index (χ0n) is 31.1. The maximum Gasteiger partial charge on any atom is 0.135 e. The molecule has 0 spiro atoms. The molecule has 0 bridgehead atoms. The number of furan rings is 1. The number of hydrogen-bond donors (Lipinski definition) is 0. The number of nitrogens with zero attached hydrogens (tertiary/aromatic N) is 2. The molecule has 252 valence electrons. The van der Waals surface area contributed by atoms with Crippen LogP contribution in [0.4, 0.5) is 0 Å². The fraction of sp³-hybridized carbons (Fsp3) is 0. The second kappa shape index (κ2) is 12.8. The third kappa shape index (κ3) is 4.84. The van der Waals surface area contributed by atoms with E-state index in [9.17, 15) is 0 Å².